The molecule has 2 atom stereocenters. The lowest BCUT2D eigenvalue weighted by Crippen LogP contribution is -2.49. The van der Waals surface area contributed by atoms with Gasteiger partial charge in [-0.05, 0) is 27.0 Å². The van der Waals surface area contributed by atoms with Gasteiger partial charge in [-0.25, -0.2) is 8.42 Å². The molecule has 2 rings (SSSR count). The lowest BCUT2D eigenvalue weighted by molar-refractivity contribution is -0.0170. The Bertz CT molecular complexity index is 567. The minimum Gasteiger partial charge on any atom is -0.375 e. The second-order valence-corrected chi connectivity index (χ2v) is 7.27. The lowest BCUT2D eigenvalue weighted by atomic mass is 10.2. The van der Waals surface area contributed by atoms with Crippen LogP contribution in [0.4, 0.5) is 0 Å². The van der Waals surface area contributed by atoms with E-state index in [1.165, 1.54) is 0 Å². The minimum atomic E-state index is -3.46. The number of ether oxygens (including phenoxy) is 1. The Labute approximate surface area is 120 Å². The van der Waals surface area contributed by atoms with Crippen molar-refractivity contribution in [3.8, 4) is 0 Å². The van der Waals surface area contributed by atoms with E-state index in [-0.39, 0.29) is 12.1 Å². The van der Waals surface area contributed by atoms with Crippen LogP contribution in [0.15, 0.2) is 17.2 Å². The molecule has 1 N–H and O–H groups in total. The number of hydrogen-bond donors (Lipinski definition) is 1. The van der Waals surface area contributed by atoms with Crippen molar-refractivity contribution < 1.29 is 13.2 Å². The number of morpholine rings is 1. The van der Waals surface area contributed by atoms with Gasteiger partial charge in [-0.3, -0.25) is 0 Å². The highest BCUT2D eigenvalue weighted by Gasteiger charge is 2.34. The third kappa shape index (κ3) is 2.90. The first-order chi connectivity index (χ1) is 9.36. The third-order valence-corrected chi connectivity index (χ3v) is 5.54. The van der Waals surface area contributed by atoms with Crippen LogP contribution in [0, 0.1) is 0 Å². The molecular weight excluding hydrogens is 278 g/mol. The topological polar surface area (TPSA) is 63.6 Å². The first kappa shape index (κ1) is 15.5. The van der Waals surface area contributed by atoms with Crippen LogP contribution in [-0.2, 0) is 28.4 Å². The average Bonchev–Trinajstić information content (AvgIpc) is 2.75. The number of aromatic nitrogens is 1. The Kier molecular flexibility index (Phi) is 4.53. The van der Waals surface area contributed by atoms with Gasteiger partial charge in [0.25, 0.3) is 0 Å². The van der Waals surface area contributed by atoms with Gasteiger partial charge in [0.1, 0.15) is 4.90 Å². The Hall–Kier alpha value is -0.890. The van der Waals surface area contributed by atoms with Crippen LogP contribution >= 0.6 is 0 Å². The quantitative estimate of drug-likeness (QED) is 0.882. The highest BCUT2D eigenvalue weighted by Crippen LogP contribution is 2.23. The SMILES string of the molecule is CNCc1cc(S(=O)(=O)N2CC(C)OCC2C)cn1C. The van der Waals surface area contributed by atoms with Gasteiger partial charge in [-0.2, -0.15) is 4.31 Å². The van der Waals surface area contributed by atoms with E-state index in [1.54, 1.807) is 16.6 Å². The van der Waals surface area contributed by atoms with Gasteiger partial charge >= 0.3 is 0 Å². The molecule has 1 fully saturated rings. The summed E-state index contributed by atoms with van der Waals surface area (Å²) >= 11 is 0. The molecule has 0 radical (unpaired) electrons. The maximum Gasteiger partial charge on any atom is 0.245 e. The highest BCUT2D eigenvalue weighted by molar-refractivity contribution is 7.89. The zero-order valence-corrected chi connectivity index (χ0v) is 13.3. The fourth-order valence-electron chi connectivity index (χ4n) is 2.42. The van der Waals surface area contributed by atoms with Crippen LogP contribution in [0.1, 0.15) is 19.5 Å². The first-order valence-electron chi connectivity index (χ1n) is 6.79. The van der Waals surface area contributed by atoms with Crippen molar-refractivity contribution in [3.05, 3.63) is 18.0 Å². The minimum absolute atomic E-state index is 0.0681. The van der Waals surface area contributed by atoms with Crippen molar-refractivity contribution in [1.29, 1.82) is 0 Å². The molecule has 1 aromatic heterocycles. The van der Waals surface area contributed by atoms with E-state index in [2.05, 4.69) is 5.32 Å². The molecule has 0 amide bonds. The summed E-state index contributed by atoms with van der Waals surface area (Å²) < 4.78 is 34.4. The summed E-state index contributed by atoms with van der Waals surface area (Å²) in [5, 5.41) is 3.04. The number of nitrogens with zero attached hydrogens (tertiary/aromatic N) is 2. The van der Waals surface area contributed by atoms with Crippen molar-refractivity contribution in [2.24, 2.45) is 7.05 Å². The maximum absolute atomic E-state index is 12.7. The van der Waals surface area contributed by atoms with E-state index in [9.17, 15) is 8.42 Å². The zero-order chi connectivity index (χ0) is 14.9. The monoisotopic (exact) mass is 301 g/mol. The van der Waals surface area contributed by atoms with Gasteiger partial charge in [-0.1, -0.05) is 0 Å². The summed E-state index contributed by atoms with van der Waals surface area (Å²) in [6.07, 6.45) is 1.61. The molecule has 1 saturated heterocycles. The van der Waals surface area contributed by atoms with Gasteiger partial charge in [-0.15, -0.1) is 0 Å². The summed E-state index contributed by atoms with van der Waals surface area (Å²) in [5.74, 6) is 0. The number of hydrogen-bond acceptors (Lipinski definition) is 4. The largest absolute Gasteiger partial charge is 0.375 e. The normalized spacial score (nSPS) is 25.0. The summed E-state index contributed by atoms with van der Waals surface area (Å²) in [6.45, 7) is 5.25. The fraction of sp³-hybridized carbons (Fsp3) is 0.692. The smallest absolute Gasteiger partial charge is 0.245 e. The Morgan fingerprint density at radius 2 is 2.15 bits per heavy atom. The van der Waals surface area contributed by atoms with E-state index < -0.39 is 10.0 Å². The van der Waals surface area contributed by atoms with Crippen molar-refractivity contribution in [2.75, 3.05) is 20.2 Å². The van der Waals surface area contributed by atoms with Gasteiger partial charge in [0.05, 0.1) is 12.7 Å². The zero-order valence-electron chi connectivity index (χ0n) is 12.5. The van der Waals surface area contributed by atoms with E-state index >= 15 is 0 Å². The van der Waals surface area contributed by atoms with Crippen molar-refractivity contribution in [3.63, 3.8) is 0 Å². The molecule has 6 nitrogen and oxygen atoms in total. The molecule has 0 aromatic carbocycles. The number of aryl methyl sites for hydroxylation is 1. The van der Waals surface area contributed by atoms with Crippen molar-refractivity contribution >= 4 is 10.0 Å². The summed E-state index contributed by atoms with van der Waals surface area (Å²) in [5.41, 5.74) is 0.944. The van der Waals surface area contributed by atoms with Gasteiger partial charge in [0, 0.05) is 38.1 Å². The van der Waals surface area contributed by atoms with Crippen LogP contribution < -0.4 is 5.32 Å². The van der Waals surface area contributed by atoms with Gasteiger partial charge in [0.2, 0.25) is 10.0 Å². The summed E-state index contributed by atoms with van der Waals surface area (Å²) in [6, 6.07) is 1.60. The van der Waals surface area contributed by atoms with E-state index in [4.69, 9.17) is 4.74 Å². The van der Waals surface area contributed by atoms with E-state index in [0.717, 1.165) is 5.69 Å². The Morgan fingerprint density at radius 3 is 2.80 bits per heavy atom. The Morgan fingerprint density at radius 1 is 1.45 bits per heavy atom. The van der Waals surface area contributed by atoms with Gasteiger partial charge < -0.3 is 14.6 Å². The molecular formula is C13H23N3O3S. The van der Waals surface area contributed by atoms with Crippen LogP contribution in [0.3, 0.4) is 0 Å². The predicted octanol–water partition coefficient (Wildman–Crippen LogP) is 0.542. The van der Waals surface area contributed by atoms with Crippen LogP contribution in [-0.4, -0.2) is 49.6 Å². The predicted molar refractivity (Wildman–Crippen MR) is 76.9 cm³/mol. The summed E-state index contributed by atoms with van der Waals surface area (Å²) in [7, 11) is 0.239. The number of sulfonamides is 1. The van der Waals surface area contributed by atoms with E-state index in [0.29, 0.717) is 24.6 Å². The Balaban J connectivity index is 2.31. The second-order valence-electron chi connectivity index (χ2n) is 5.38. The molecule has 1 aliphatic heterocycles. The molecule has 2 heterocycles. The van der Waals surface area contributed by atoms with Crippen LogP contribution in [0.5, 0.6) is 0 Å². The van der Waals surface area contributed by atoms with Crippen molar-refractivity contribution in [1.82, 2.24) is 14.2 Å². The summed E-state index contributed by atoms with van der Waals surface area (Å²) in [4.78, 5) is 0.353. The molecule has 2 unspecified atom stereocenters. The lowest BCUT2D eigenvalue weighted by Gasteiger charge is -2.35. The van der Waals surface area contributed by atoms with E-state index in [1.807, 2.05) is 32.5 Å². The van der Waals surface area contributed by atoms with Crippen molar-refractivity contribution in [2.45, 2.75) is 37.4 Å². The highest BCUT2D eigenvalue weighted by atomic mass is 32.2. The molecule has 0 bridgehead atoms. The molecule has 1 aromatic rings. The van der Waals surface area contributed by atoms with Crippen LogP contribution in [0.2, 0.25) is 0 Å². The third-order valence-electron chi connectivity index (χ3n) is 3.60. The number of rotatable bonds is 4. The standard InChI is InChI=1S/C13H23N3O3S/c1-10-9-19-11(2)7-16(10)20(17,18)13-5-12(6-14-3)15(4)8-13/h5,8,10-11,14H,6-7,9H2,1-4H3. The number of nitrogens with one attached hydrogen (secondary N) is 1. The molecule has 0 saturated carbocycles. The molecule has 114 valence electrons. The molecule has 1 aliphatic rings. The first-order valence-corrected chi connectivity index (χ1v) is 8.23. The van der Waals surface area contributed by atoms with Gasteiger partial charge in [0.15, 0.2) is 0 Å². The molecule has 0 aliphatic carbocycles. The molecule has 7 heteroatoms. The average molecular weight is 301 g/mol. The second kappa shape index (κ2) is 5.85. The maximum atomic E-state index is 12.7. The molecule has 20 heavy (non-hydrogen) atoms. The fourth-order valence-corrected chi connectivity index (χ4v) is 4.21. The van der Waals surface area contributed by atoms with Crippen LogP contribution in [0.25, 0.3) is 0 Å². The molecule has 0 spiro atoms.